The Morgan fingerprint density at radius 1 is 1.08 bits per heavy atom. The summed E-state index contributed by atoms with van der Waals surface area (Å²) in [7, 11) is 5.05. The molecule has 3 N–H and O–H groups in total. The maximum absolute atomic E-state index is 14.4. The Balaban J connectivity index is 1.16. The van der Waals surface area contributed by atoms with E-state index in [4.69, 9.17) is 18.9 Å². The minimum Gasteiger partial charge on any atom is -0.454 e. The lowest BCUT2D eigenvalue weighted by molar-refractivity contribution is -0.337. The number of carbonyl (C=O) groups is 2. The number of carbonyl (C=O) groups excluding carboxylic acids is 2. The third kappa shape index (κ3) is 4.34. The maximum Gasteiger partial charge on any atom is 0.340 e. The van der Waals surface area contributed by atoms with E-state index in [1.54, 1.807) is 57.9 Å². The van der Waals surface area contributed by atoms with E-state index in [2.05, 4.69) is 22.1 Å². The van der Waals surface area contributed by atoms with Crippen molar-refractivity contribution in [3.8, 4) is 0 Å². The summed E-state index contributed by atoms with van der Waals surface area (Å²) in [6.07, 6.45) is 6.46. The molecule has 1 aromatic carbocycles. The number of hydrogen-bond donors (Lipinski definition) is 3. The molecular formula is C39H49N3O8. The molecule has 0 radical (unpaired) electrons. The number of methoxy groups -OCH3 is 3. The fraction of sp³-hybridized carbons (Fsp3) is 0.615. The summed E-state index contributed by atoms with van der Waals surface area (Å²) in [5.41, 5.74) is -2.13. The van der Waals surface area contributed by atoms with Gasteiger partial charge in [0.1, 0.15) is 16.8 Å². The number of aryl methyl sites for hydroxylation is 1. The molecule has 1 aliphatic heterocycles. The predicted molar refractivity (Wildman–Crippen MR) is 184 cm³/mol. The van der Waals surface area contributed by atoms with Crippen LogP contribution in [0.5, 0.6) is 0 Å². The van der Waals surface area contributed by atoms with Gasteiger partial charge in [-0.25, -0.2) is 4.79 Å². The number of pyridine rings is 1. The molecule has 11 heteroatoms. The lowest BCUT2D eigenvalue weighted by Gasteiger charge is -2.70. The Kier molecular flexibility index (Phi) is 8.09. The number of aromatic nitrogens is 1. The largest absolute Gasteiger partial charge is 0.454 e. The molecule has 2 aromatic rings. The van der Waals surface area contributed by atoms with Crippen molar-refractivity contribution >= 4 is 23.6 Å². The van der Waals surface area contributed by atoms with Crippen LogP contribution in [0.4, 0.5) is 5.69 Å². The zero-order chi connectivity index (χ0) is 35.2. The van der Waals surface area contributed by atoms with Crippen molar-refractivity contribution in [3.63, 3.8) is 0 Å². The Bertz CT molecular complexity index is 1720. The topological polar surface area (TPSA) is 140 Å². The first kappa shape index (κ1) is 33.9. The van der Waals surface area contributed by atoms with E-state index < -0.39 is 34.3 Å². The molecule has 11 nitrogen and oxygen atoms in total. The van der Waals surface area contributed by atoms with Crippen molar-refractivity contribution in [3.05, 3.63) is 65.5 Å². The summed E-state index contributed by atoms with van der Waals surface area (Å²) in [6, 6.07) is 10.6. The highest BCUT2D eigenvalue weighted by Gasteiger charge is 2.89. The van der Waals surface area contributed by atoms with Gasteiger partial charge in [-0.05, 0) is 75.1 Å². The molecule has 6 fully saturated rings. The van der Waals surface area contributed by atoms with Crippen molar-refractivity contribution in [2.24, 2.45) is 29.1 Å². The molecule has 1 amide bonds. The van der Waals surface area contributed by atoms with Gasteiger partial charge in [-0.3, -0.25) is 14.7 Å². The average molecular weight is 688 g/mol. The average Bonchev–Trinajstić information content (AvgIpc) is 3.53. The highest BCUT2D eigenvalue weighted by molar-refractivity contribution is 6.06. The maximum atomic E-state index is 14.4. The number of para-hydroxylation sites is 1. The number of ether oxygens (including phenoxy) is 4. The molecule has 5 aliphatic carbocycles. The number of esters is 1. The number of benzene rings is 1. The summed E-state index contributed by atoms with van der Waals surface area (Å²) in [6.45, 7) is 5.28. The number of hydrogen-bond acceptors (Lipinski definition) is 10. The van der Waals surface area contributed by atoms with Crippen molar-refractivity contribution in [2.45, 2.75) is 87.1 Å². The minimum atomic E-state index is -1.50. The first-order chi connectivity index (χ1) is 24.0. The van der Waals surface area contributed by atoms with Gasteiger partial charge in [0.2, 0.25) is 5.91 Å². The van der Waals surface area contributed by atoms with E-state index in [0.29, 0.717) is 56.6 Å². The van der Waals surface area contributed by atoms with Crippen molar-refractivity contribution in [1.82, 2.24) is 9.88 Å². The van der Waals surface area contributed by atoms with Crippen LogP contribution < -0.4 is 5.32 Å². The van der Waals surface area contributed by atoms with Gasteiger partial charge in [-0.2, -0.15) is 0 Å². The number of likely N-dealkylation sites (N-methyl/N-ethyl adjacent to an activating group) is 1. The minimum absolute atomic E-state index is 0.0713. The van der Waals surface area contributed by atoms with Crippen LogP contribution >= 0.6 is 0 Å². The molecule has 5 saturated carbocycles. The van der Waals surface area contributed by atoms with Gasteiger partial charge in [0.05, 0.1) is 35.3 Å². The lowest BCUT2D eigenvalue weighted by atomic mass is 9.44. The zero-order valence-electron chi connectivity index (χ0n) is 29.5. The van der Waals surface area contributed by atoms with Crippen LogP contribution in [-0.4, -0.2) is 108 Å². The number of piperidine rings is 1. The molecule has 1 aromatic heterocycles. The van der Waals surface area contributed by atoms with Crippen LogP contribution in [0.15, 0.2) is 48.7 Å². The van der Waals surface area contributed by atoms with Gasteiger partial charge in [0.15, 0.2) is 0 Å². The number of amides is 1. The van der Waals surface area contributed by atoms with Crippen molar-refractivity contribution < 1.29 is 38.7 Å². The van der Waals surface area contributed by atoms with Crippen LogP contribution in [0.1, 0.15) is 60.6 Å². The molecular weight excluding hydrogens is 638 g/mol. The van der Waals surface area contributed by atoms with E-state index >= 15 is 0 Å². The summed E-state index contributed by atoms with van der Waals surface area (Å²) in [5, 5.41) is 28.8. The summed E-state index contributed by atoms with van der Waals surface area (Å²) >= 11 is 0. The first-order valence-corrected chi connectivity index (χ1v) is 18.0. The number of fused-ring (bicyclic) bond motifs is 2. The standard InChI is InChI=1S/C39H49N3O8/c1-6-42-21-36(50-35(44)24-9-7-8-10-27(24)41-32(43)12-11-23-17-22(2)14-16-40-23)15-13-31(48-4)38-29(36)19-26(33(38)42)37(45)20-28(47-3)25-18-30(38)39(37,46)34(25)49-5/h7-12,14,16-17,25-26,28-31,33-34,45-46H,6,13,15,18-21H2,1-5H3,(H,41,43)/b12-11+/t25-,26-,28+,29-,30+,31+,33?,34+,36-,37+,38+,39?/m1/s1. The van der Waals surface area contributed by atoms with Crippen LogP contribution in [0, 0.1) is 36.0 Å². The highest BCUT2D eigenvalue weighted by atomic mass is 16.6. The second kappa shape index (κ2) is 11.9. The third-order valence-corrected chi connectivity index (χ3v) is 13.9. The fourth-order valence-corrected chi connectivity index (χ4v) is 12.4. The molecule has 8 rings (SSSR count). The van der Waals surface area contributed by atoms with Gasteiger partial charge >= 0.3 is 5.97 Å². The number of nitrogens with zero attached hydrogens (tertiary/aromatic N) is 2. The molecule has 2 unspecified atom stereocenters. The summed E-state index contributed by atoms with van der Waals surface area (Å²) < 4.78 is 25.3. The Labute approximate surface area is 293 Å². The summed E-state index contributed by atoms with van der Waals surface area (Å²) in [5.74, 6) is -1.82. The van der Waals surface area contributed by atoms with E-state index in [1.165, 1.54) is 6.08 Å². The Hall–Kier alpha value is -3.19. The van der Waals surface area contributed by atoms with E-state index in [0.717, 1.165) is 5.56 Å². The molecule has 12 atom stereocenters. The number of likely N-dealkylation sites (tertiary alicyclic amines) is 1. The molecule has 7 bridgehead atoms. The van der Waals surface area contributed by atoms with Crippen LogP contribution in [0.3, 0.4) is 0 Å². The molecule has 2 heterocycles. The van der Waals surface area contributed by atoms with Gasteiger partial charge in [0.25, 0.3) is 0 Å². The molecule has 50 heavy (non-hydrogen) atoms. The smallest absolute Gasteiger partial charge is 0.340 e. The quantitative estimate of drug-likeness (QED) is 0.265. The number of anilines is 1. The van der Waals surface area contributed by atoms with E-state index in [1.807, 2.05) is 19.1 Å². The van der Waals surface area contributed by atoms with Gasteiger partial charge in [0, 0.05) is 81.7 Å². The molecule has 1 saturated heterocycles. The molecule has 1 spiro atoms. The molecule has 268 valence electrons. The summed E-state index contributed by atoms with van der Waals surface area (Å²) in [4.78, 5) is 34.1. The van der Waals surface area contributed by atoms with Crippen molar-refractivity contribution in [2.75, 3.05) is 39.7 Å². The number of aliphatic hydroxyl groups is 2. The predicted octanol–water partition coefficient (Wildman–Crippen LogP) is 3.62. The first-order valence-electron chi connectivity index (χ1n) is 18.0. The number of nitrogens with one attached hydrogen (secondary N) is 1. The lowest BCUT2D eigenvalue weighted by Crippen LogP contribution is -2.83. The van der Waals surface area contributed by atoms with Crippen LogP contribution in [0.2, 0.25) is 0 Å². The normalized spacial score (nSPS) is 42.5. The fourth-order valence-electron chi connectivity index (χ4n) is 12.4. The SMILES string of the molecule is CCN1C[C@]2(OC(=O)c3ccccc3NC(=O)/C=C/c3cc(C)ccn3)CC[C@H](OC)[C@]34C1[C@@H](C[C@H]23)[C@@]1(O)C[C@H](OC)[C@H]2C[C@@H]4C1(O)[C@H]2OC. The second-order valence-corrected chi connectivity index (χ2v) is 15.6. The van der Waals surface area contributed by atoms with Gasteiger partial charge in [-0.15, -0.1) is 0 Å². The van der Waals surface area contributed by atoms with Crippen LogP contribution in [-0.2, 0) is 23.7 Å². The van der Waals surface area contributed by atoms with Gasteiger partial charge < -0.3 is 34.5 Å². The van der Waals surface area contributed by atoms with Crippen LogP contribution in [0.25, 0.3) is 6.08 Å². The zero-order valence-corrected chi connectivity index (χ0v) is 29.5. The van der Waals surface area contributed by atoms with Crippen molar-refractivity contribution in [1.29, 1.82) is 0 Å². The Morgan fingerprint density at radius 2 is 1.88 bits per heavy atom. The van der Waals surface area contributed by atoms with Gasteiger partial charge in [-0.1, -0.05) is 19.1 Å². The van der Waals surface area contributed by atoms with E-state index in [9.17, 15) is 19.8 Å². The molecule has 6 aliphatic rings. The Morgan fingerprint density at radius 3 is 2.60 bits per heavy atom. The van der Waals surface area contributed by atoms with E-state index in [-0.39, 0.29) is 53.4 Å². The second-order valence-electron chi connectivity index (χ2n) is 15.6. The third-order valence-electron chi connectivity index (χ3n) is 13.9. The monoisotopic (exact) mass is 687 g/mol. The number of rotatable bonds is 9. The highest BCUT2D eigenvalue weighted by Crippen LogP contribution is 2.79.